The van der Waals surface area contributed by atoms with Crippen molar-refractivity contribution in [2.75, 3.05) is 18.4 Å². The van der Waals surface area contributed by atoms with E-state index >= 15 is 0 Å². The number of anilines is 1. The zero-order valence-electron chi connectivity index (χ0n) is 11.4. The van der Waals surface area contributed by atoms with Crippen LogP contribution in [-0.2, 0) is 11.3 Å². The van der Waals surface area contributed by atoms with Crippen molar-refractivity contribution in [1.29, 1.82) is 0 Å². The molecule has 1 aliphatic rings. The maximum atomic E-state index is 11.4. The van der Waals surface area contributed by atoms with Crippen molar-refractivity contribution in [3.63, 3.8) is 0 Å². The van der Waals surface area contributed by atoms with Crippen LogP contribution in [0.5, 0.6) is 0 Å². The molecule has 1 fully saturated rings. The van der Waals surface area contributed by atoms with Gasteiger partial charge in [-0.3, -0.25) is 9.69 Å². The Morgan fingerprint density at radius 3 is 3.00 bits per heavy atom. The molecule has 19 heavy (non-hydrogen) atoms. The molecule has 3 N–H and O–H groups in total. The molecule has 104 valence electrons. The Kier molecular flexibility index (Phi) is 4.74. The number of nitrogens with zero attached hydrogens (tertiary/aromatic N) is 2. The molecule has 5 heteroatoms. The molecule has 0 bridgehead atoms. The van der Waals surface area contributed by atoms with Gasteiger partial charge in [0.25, 0.3) is 0 Å². The van der Waals surface area contributed by atoms with Gasteiger partial charge in [0.15, 0.2) is 0 Å². The van der Waals surface area contributed by atoms with Gasteiger partial charge in [0, 0.05) is 19.3 Å². The van der Waals surface area contributed by atoms with Gasteiger partial charge in [-0.15, -0.1) is 0 Å². The molecule has 1 aromatic rings. The molecule has 0 aromatic carbocycles. The number of carbonyl (C=O) groups is 1. The average molecular weight is 262 g/mol. The molecule has 1 aromatic heterocycles. The molecule has 1 aliphatic heterocycles. The van der Waals surface area contributed by atoms with Gasteiger partial charge in [-0.2, -0.15) is 0 Å². The summed E-state index contributed by atoms with van der Waals surface area (Å²) in [6.07, 6.45) is 4.96. The largest absolute Gasteiger partial charge is 0.370 e. The average Bonchev–Trinajstić information content (AvgIpc) is 2.42. The predicted octanol–water partition coefficient (Wildman–Crippen LogP) is 1.35. The highest BCUT2D eigenvalue weighted by atomic mass is 16.1. The Morgan fingerprint density at radius 1 is 1.53 bits per heavy atom. The number of hydrogen-bond donors (Lipinski definition) is 2. The summed E-state index contributed by atoms with van der Waals surface area (Å²) < 4.78 is 0. The van der Waals surface area contributed by atoms with E-state index in [0.717, 1.165) is 50.3 Å². The highest BCUT2D eigenvalue weighted by Gasteiger charge is 2.26. The second-order valence-corrected chi connectivity index (χ2v) is 4.97. The Morgan fingerprint density at radius 2 is 2.37 bits per heavy atom. The number of nitrogens with two attached hydrogens (primary N) is 1. The number of aromatic nitrogens is 1. The Labute approximate surface area is 114 Å². The summed E-state index contributed by atoms with van der Waals surface area (Å²) in [5.41, 5.74) is 6.59. The molecule has 0 spiro atoms. The van der Waals surface area contributed by atoms with Gasteiger partial charge in [-0.1, -0.05) is 12.5 Å². The van der Waals surface area contributed by atoms with Crippen LogP contribution >= 0.6 is 0 Å². The third-order valence-corrected chi connectivity index (χ3v) is 3.51. The summed E-state index contributed by atoms with van der Waals surface area (Å²) in [5, 5.41) is 3.17. The fourth-order valence-electron chi connectivity index (χ4n) is 2.54. The Bertz CT molecular complexity index is 418. The van der Waals surface area contributed by atoms with Crippen LogP contribution in [0.15, 0.2) is 18.3 Å². The third kappa shape index (κ3) is 3.67. The molecule has 1 amide bonds. The summed E-state index contributed by atoms with van der Waals surface area (Å²) in [6, 6.07) is 3.90. The van der Waals surface area contributed by atoms with E-state index in [4.69, 9.17) is 5.73 Å². The number of nitrogens with one attached hydrogen (secondary N) is 1. The van der Waals surface area contributed by atoms with Crippen LogP contribution in [-0.4, -0.2) is 34.9 Å². The summed E-state index contributed by atoms with van der Waals surface area (Å²) >= 11 is 0. The predicted molar refractivity (Wildman–Crippen MR) is 75.6 cm³/mol. The lowest BCUT2D eigenvalue weighted by molar-refractivity contribution is -0.124. The fraction of sp³-hybridized carbons (Fsp3) is 0.571. The van der Waals surface area contributed by atoms with Crippen molar-refractivity contribution in [3.8, 4) is 0 Å². The lowest BCUT2D eigenvalue weighted by Gasteiger charge is -2.33. The maximum absolute atomic E-state index is 11.4. The topological polar surface area (TPSA) is 71.2 Å². The molecule has 0 aliphatic carbocycles. The number of pyridine rings is 1. The highest BCUT2D eigenvalue weighted by Crippen LogP contribution is 2.19. The first-order valence-corrected chi connectivity index (χ1v) is 6.93. The zero-order valence-corrected chi connectivity index (χ0v) is 11.4. The van der Waals surface area contributed by atoms with Crippen LogP contribution < -0.4 is 11.1 Å². The second-order valence-electron chi connectivity index (χ2n) is 4.97. The maximum Gasteiger partial charge on any atom is 0.234 e. The molecule has 2 rings (SSSR count). The van der Waals surface area contributed by atoms with Gasteiger partial charge in [-0.25, -0.2) is 4.98 Å². The van der Waals surface area contributed by atoms with Crippen molar-refractivity contribution in [1.82, 2.24) is 9.88 Å². The summed E-state index contributed by atoms with van der Waals surface area (Å²) in [6.45, 7) is 4.58. The summed E-state index contributed by atoms with van der Waals surface area (Å²) in [4.78, 5) is 18.0. The molecular formula is C14H22N4O. The Balaban J connectivity index is 2.00. The van der Waals surface area contributed by atoms with E-state index in [1.54, 1.807) is 0 Å². The first kappa shape index (κ1) is 13.8. The second kappa shape index (κ2) is 6.52. The van der Waals surface area contributed by atoms with Gasteiger partial charge in [0.1, 0.15) is 5.82 Å². The van der Waals surface area contributed by atoms with Crippen molar-refractivity contribution in [2.24, 2.45) is 5.73 Å². The van der Waals surface area contributed by atoms with Gasteiger partial charge in [0.2, 0.25) is 5.91 Å². The van der Waals surface area contributed by atoms with Crippen molar-refractivity contribution >= 4 is 11.7 Å². The van der Waals surface area contributed by atoms with Gasteiger partial charge in [0.05, 0.1) is 6.04 Å². The lowest BCUT2D eigenvalue weighted by atomic mass is 10.0. The zero-order chi connectivity index (χ0) is 13.7. The molecular weight excluding hydrogens is 240 g/mol. The van der Waals surface area contributed by atoms with Crippen molar-refractivity contribution in [3.05, 3.63) is 23.9 Å². The van der Waals surface area contributed by atoms with Crippen LogP contribution in [0.4, 0.5) is 5.82 Å². The minimum Gasteiger partial charge on any atom is -0.370 e. The molecule has 5 nitrogen and oxygen atoms in total. The van der Waals surface area contributed by atoms with Gasteiger partial charge >= 0.3 is 0 Å². The molecule has 1 unspecified atom stereocenters. The minimum atomic E-state index is -0.211. The molecule has 2 heterocycles. The number of piperidine rings is 1. The van der Waals surface area contributed by atoms with E-state index < -0.39 is 0 Å². The van der Waals surface area contributed by atoms with E-state index in [2.05, 4.69) is 21.3 Å². The number of hydrogen-bond acceptors (Lipinski definition) is 4. The number of rotatable bonds is 5. The molecule has 0 radical (unpaired) electrons. The number of likely N-dealkylation sites (tertiary alicyclic amines) is 1. The molecule has 1 saturated heterocycles. The van der Waals surface area contributed by atoms with E-state index in [1.165, 1.54) is 0 Å². The van der Waals surface area contributed by atoms with E-state index in [-0.39, 0.29) is 11.9 Å². The quantitative estimate of drug-likeness (QED) is 0.840. The smallest absolute Gasteiger partial charge is 0.234 e. The SMILES string of the molecule is CCNc1ccc(CN2CCCCC2C(N)=O)cn1. The van der Waals surface area contributed by atoms with Crippen LogP contribution in [0.25, 0.3) is 0 Å². The van der Waals surface area contributed by atoms with Crippen LogP contribution in [0, 0.1) is 0 Å². The standard InChI is InChI=1S/C14H22N4O/c1-2-16-13-7-6-11(9-17-13)10-18-8-4-3-5-12(18)14(15)19/h6-7,9,12H,2-5,8,10H2,1H3,(H2,15,19)(H,16,17). The third-order valence-electron chi connectivity index (χ3n) is 3.51. The number of amides is 1. The first-order valence-electron chi connectivity index (χ1n) is 6.93. The Hall–Kier alpha value is -1.62. The first-order chi connectivity index (χ1) is 9.20. The van der Waals surface area contributed by atoms with Crippen molar-refractivity contribution < 1.29 is 4.79 Å². The van der Waals surface area contributed by atoms with Crippen LogP contribution in [0.1, 0.15) is 31.7 Å². The minimum absolute atomic E-state index is 0.123. The number of primary amides is 1. The van der Waals surface area contributed by atoms with E-state index in [9.17, 15) is 4.79 Å². The fourth-order valence-corrected chi connectivity index (χ4v) is 2.54. The number of carbonyl (C=O) groups excluding carboxylic acids is 1. The monoisotopic (exact) mass is 262 g/mol. The lowest BCUT2D eigenvalue weighted by Crippen LogP contribution is -2.47. The summed E-state index contributed by atoms with van der Waals surface area (Å²) in [5.74, 6) is 0.674. The van der Waals surface area contributed by atoms with Gasteiger partial charge < -0.3 is 11.1 Å². The summed E-state index contributed by atoms with van der Waals surface area (Å²) in [7, 11) is 0. The van der Waals surface area contributed by atoms with E-state index in [1.807, 2.05) is 19.2 Å². The van der Waals surface area contributed by atoms with Gasteiger partial charge in [-0.05, 0) is 37.9 Å². The van der Waals surface area contributed by atoms with Crippen LogP contribution in [0.3, 0.4) is 0 Å². The van der Waals surface area contributed by atoms with E-state index in [0.29, 0.717) is 0 Å². The van der Waals surface area contributed by atoms with Crippen LogP contribution in [0.2, 0.25) is 0 Å². The normalized spacial score (nSPS) is 20.2. The molecule has 1 atom stereocenters. The highest BCUT2D eigenvalue weighted by molar-refractivity contribution is 5.79. The van der Waals surface area contributed by atoms with Crippen molar-refractivity contribution in [2.45, 2.75) is 38.8 Å². The molecule has 0 saturated carbocycles.